The number of fused-ring (bicyclic) bond motifs is 1. The van der Waals surface area contributed by atoms with Crippen molar-refractivity contribution in [1.29, 1.82) is 0 Å². The third kappa shape index (κ3) is 3.22. The molecule has 0 aliphatic carbocycles. The molecule has 1 aromatic heterocycles. The first-order valence-electron chi connectivity index (χ1n) is 8.03. The number of aliphatic hydroxyl groups excluding tert-OH is 1. The second-order valence-electron chi connectivity index (χ2n) is 6.04. The SMILES string of the molecule is O=C1NC(=O)/C(=C/c2ccc3ncnc(N4CCC(O)CC4)c3c2)S1. The number of nitrogens with zero attached hydrogens (tertiary/aromatic N) is 3. The first-order chi connectivity index (χ1) is 12.1. The summed E-state index contributed by atoms with van der Waals surface area (Å²) < 4.78 is 0. The van der Waals surface area contributed by atoms with E-state index in [-0.39, 0.29) is 17.3 Å². The molecular formula is C17H16N4O3S. The summed E-state index contributed by atoms with van der Waals surface area (Å²) in [5, 5.41) is 12.5. The van der Waals surface area contributed by atoms with Gasteiger partial charge in [-0.25, -0.2) is 9.97 Å². The number of anilines is 1. The average molecular weight is 356 g/mol. The van der Waals surface area contributed by atoms with Crippen LogP contribution in [0.1, 0.15) is 18.4 Å². The van der Waals surface area contributed by atoms with Crippen LogP contribution < -0.4 is 10.2 Å². The zero-order valence-electron chi connectivity index (χ0n) is 13.3. The minimum Gasteiger partial charge on any atom is -0.393 e. The van der Waals surface area contributed by atoms with Crippen LogP contribution in [0.3, 0.4) is 0 Å². The third-order valence-corrected chi connectivity index (χ3v) is 5.15. The van der Waals surface area contributed by atoms with Crippen LogP contribution in [0, 0.1) is 0 Å². The van der Waals surface area contributed by atoms with Crippen LogP contribution >= 0.6 is 11.8 Å². The molecule has 25 heavy (non-hydrogen) atoms. The van der Waals surface area contributed by atoms with E-state index in [4.69, 9.17) is 0 Å². The summed E-state index contributed by atoms with van der Waals surface area (Å²) in [6.07, 6.45) is 4.42. The quantitative estimate of drug-likeness (QED) is 0.794. The molecule has 2 aliphatic rings. The van der Waals surface area contributed by atoms with Gasteiger partial charge in [0, 0.05) is 18.5 Å². The molecule has 0 saturated carbocycles. The highest BCUT2D eigenvalue weighted by Crippen LogP contribution is 2.29. The van der Waals surface area contributed by atoms with E-state index in [9.17, 15) is 14.7 Å². The van der Waals surface area contributed by atoms with E-state index in [1.54, 1.807) is 12.4 Å². The van der Waals surface area contributed by atoms with Gasteiger partial charge in [0.05, 0.1) is 16.5 Å². The molecule has 2 amide bonds. The van der Waals surface area contributed by atoms with Crippen molar-refractivity contribution in [2.24, 2.45) is 0 Å². The smallest absolute Gasteiger partial charge is 0.290 e. The van der Waals surface area contributed by atoms with Gasteiger partial charge in [-0.2, -0.15) is 0 Å². The van der Waals surface area contributed by atoms with Gasteiger partial charge in [0.2, 0.25) is 0 Å². The Bertz CT molecular complexity index is 891. The van der Waals surface area contributed by atoms with Gasteiger partial charge in [-0.15, -0.1) is 0 Å². The Morgan fingerprint density at radius 2 is 2.04 bits per heavy atom. The Hall–Kier alpha value is -2.45. The fourth-order valence-corrected chi connectivity index (χ4v) is 3.73. The van der Waals surface area contributed by atoms with E-state index in [1.165, 1.54) is 0 Å². The molecule has 3 heterocycles. The monoisotopic (exact) mass is 356 g/mol. The normalized spacial score (nSPS) is 20.5. The summed E-state index contributed by atoms with van der Waals surface area (Å²) in [7, 11) is 0. The molecule has 0 unspecified atom stereocenters. The largest absolute Gasteiger partial charge is 0.393 e. The Labute approximate surface area is 148 Å². The van der Waals surface area contributed by atoms with Crippen LogP contribution in [0.4, 0.5) is 10.6 Å². The van der Waals surface area contributed by atoms with E-state index >= 15 is 0 Å². The fraction of sp³-hybridized carbons (Fsp3) is 0.294. The molecule has 2 aliphatic heterocycles. The topological polar surface area (TPSA) is 95.4 Å². The molecule has 8 heteroatoms. The first kappa shape index (κ1) is 16.0. The molecule has 2 aromatic rings. The highest BCUT2D eigenvalue weighted by atomic mass is 32.2. The summed E-state index contributed by atoms with van der Waals surface area (Å²) in [6.45, 7) is 1.48. The van der Waals surface area contributed by atoms with E-state index < -0.39 is 0 Å². The summed E-state index contributed by atoms with van der Waals surface area (Å²) in [4.78, 5) is 34.3. The molecule has 0 spiro atoms. The summed E-state index contributed by atoms with van der Waals surface area (Å²) in [5.74, 6) is 0.460. The lowest BCUT2D eigenvalue weighted by Crippen LogP contribution is -2.36. The molecule has 0 radical (unpaired) electrons. The average Bonchev–Trinajstić information content (AvgIpc) is 2.92. The highest BCUT2D eigenvalue weighted by Gasteiger charge is 2.25. The number of benzene rings is 1. The summed E-state index contributed by atoms with van der Waals surface area (Å²) >= 11 is 0.898. The maximum Gasteiger partial charge on any atom is 0.290 e. The number of imide groups is 1. The predicted molar refractivity (Wildman–Crippen MR) is 96.1 cm³/mol. The number of amides is 2. The number of carbonyl (C=O) groups is 2. The maximum absolute atomic E-state index is 11.7. The van der Waals surface area contributed by atoms with E-state index in [1.807, 2.05) is 18.2 Å². The van der Waals surface area contributed by atoms with Gasteiger partial charge in [0.1, 0.15) is 12.1 Å². The van der Waals surface area contributed by atoms with Gasteiger partial charge in [0.25, 0.3) is 11.1 Å². The Kier molecular flexibility index (Phi) is 4.14. The molecule has 0 bridgehead atoms. The Balaban J connectivity index is 1.72. The minimum atomic E-state index is -0.371. The van der Waals surface area contributed by atoms with Crippen molar-refractivity contribution in [2.75, 3.05) is 18.0 Å². The fourth-order valence-electron chi connectivity index (χ4n) is 3.05. The number of thioether (sulfide) groups is 1. The second-order valence-corrected chi connectivity index (χ2v) is 7.06. The lowest BCUT2D eigenvalue weighted by atomic mass is 10.1. The van der Waals surface area contributed by atoms with Crippen molar-refractivity contribution in [2.45, 2.75) is 18.9 Å². The lowest BCUT2D eigenvalue weighted by Gasteiger charge is -2.31. The summed E-state index contributed by atoms with van der Waals surface area (Å²) in [6, 6.07) is 5.67. The predicted octanol–water partition coefficient (Wildman–Crippen LogP) is 1.91. The first-order valence-corrected chi connectivity index (χ1v) is 8.84. The Morgan fingerprint density at radius 3 is 2.76 bits per heavy atom. The van der Waals surface area contributed by atoms with Crippen molar-refractivity contribution in [1.82, 2.24) is 15.3 Å². The maximum atomic E-state index is 11.7. The van der Waals surface area contributed by atoms with Gasteiger partial charge in [-0.3, -0.25) is 14.9 Å². The number of aromatic nitrogens is 2. The van der Waals surface area contributed by atoms with Crippen LogP contribution in [-0.2, 0) is 4.79 Å². The molecule has 4 rings (SSSR count). The number of hydrogen-bond acceptors (Lipinski definition) is 7. The molecule has 7 nitrogen and oxygen atoms in total. The number of aliphatic hydroxyl groups is 1. The molecule has 128 valence electrons. The molecular weight excluding hydrogens is 340 g/mol. The zero-order valence-corrected chi connectivity index (χ0v) is 14.1. The molecule has 0 atom stereocenters. The van der Waals surface area contributed by atoms with Crippen molar-refractivity contribution >= 4 is 45.7 Å². The van der Waals surface area contributed by atoms with Crippen molar-refractivity contribution < 1.29 is 14.7 Å². The van der Waals surface area contributed by atoms with Crippen LogP contribution in [0.15, 0.2) is 29.4 Å². The van der Waals surface area contributed by atoms with Gasteiger partial charge in [0.15, 0.2) is 0 Å². The number of rotatable bonds is 2. The second kappa shape index (κ2) is 6.45. The zero-order chi connectivity index (χ0) is 17.4. The Morgan fingerprint density at radius 1 is 1.24 bits per heavy atom. The van der Waals surface area contributed by atoms with Crippen LogP contribution in [0.5, 0.6) is 0 Å². The van der Waals surface area contributed by atoms with E-state index in [2.05, 4.69) is 20.2 Å². The number of carbonyl (C=O) groups excluding carboxylic acids is 2. The number of nitrogens with one attached hydrogen (secondary N) is 1. The van der Waals surface area contributed by atoms with Crippen LogP contribution in [0.2, 0.25) is 0 Å². The minimum absolute atomic E-state index is 0.250. The van der Waals surface area contributed by atoms with E-state index in [0.29, 0.717) is 17.7 Å². The van der Waals surface area contributed by atoms with Gasteiger partial charge < -0.3 is 10.0 Å². The molecule has 2 fully saturated rings. The van der Waals surface area contributed by atoms with Crippen LogP contribution in [-0.4, -0.2) is 45.4 Å². The molecule has 2 N–H and O–H groups in total. The van der Waals surface area contributed by atoms with Crippen molar-refractivity contribution in [3.8, 4) is 0 Å². The molecule has 1 aromatic carbocycles. The van der Waals surface area contributed by atoms with Crippen molar-refractivity contribution in [3.63, 3.8) is 0 Å². The van der Waals surface area contributed by atoms with Gasteiger partial charge in [-0.1, -0.05) is 6.07 Å². The number of hydrogen-bond donors (Lipinski definition) is 2. The standard InChI is InChI=1S/C17H16N4O3S/c22-11-3-5-21(6-4-11)15-12-7-10(1-2-13(12)18-9-19-15)8-14-16(23)20-17(24)25-14/h1-2,7-9,11,22H,3-6H2,(H,20,23,24)/b14-8-. The van der Waals surface area contributed by atoms with Gasteiger partial charge >= 0.3 is 0 Å². The molecule has 2 saturated heterocycles. The lowest BCUT2D eigenvalue weighted by molar-refractivity contribution is -0.115. The van der Waals surface area contributed by atoms with Gasteiger partial charge in [-0.05, 0) is 48.4 Å². The van der Waals surface area contributed by atoms with Crippen LogP contribution in [0.25, 0.3) is 17.0 Å². The summed E-state index contributed by atoms with van der Waals surface area (Å²) in [5.41, 5.74) is 1.63. The number of piperidine rings is 1. The van der Waals surface area contributed by atoms with Crippen molar-refractivity contribution in [3.05, 3.63) is 35.0 Å². The third-order valence-electron chi connectivity index (χ3n) is 4.34. The van der Waals surface area contributed by atoms with E-state index in [0.717, 1.165) is 47.1 Å². The highest BCUT2D eigenvalue weighted by molar-refractivity contribution is 8.18.